The van der Waals surface area contributed by atoms with Crippen LogP contribution in [0.3, 0.4) is 0 Å². The van der Waals surface area contributed by atoms with Gasteiger partial charge in [-0.15, -0.1) is 0 Å². The summed E-state index contributed by atoms with van der Waals surface area (Å²) in [5.74, 6) is 0.150. The van der Waals surface area contributed by atoms with Crippen LogP contribution in [-0.4, -0.2) is 10.8 Å². The van der Waals surface area contributed by atoms with Gasteiger partial charge in [-0.25, -0.2) is 0 Å². The Hall–Kier alpha value is -7.03. The van der Waals surface area contributed by atoms with Crippen molar-refractivity contribution in [1.29, 1.82) is 0 Å². The maximum atomic E-state index is 12.4. The molecule has 0 aromatic heterocycles. The molecule has 0 spiro atoms. The fourth-order valence-corrected chi connectivity index (χ4v) is 7.11. The molecule has 0 saturated carbocycles. The molecular weight excluding hydrogens is 655 g/mol. The summed E-state index contributed by atoms with van der Waals surface area (Å²) in [5, 5.41) is 12.4. The smallest absolute Gasteiger partial charge is 0.125 e. The molecule has 0 radical (unpaired) electrons. The molecule has 8 aromatic rings. The number of rotatable bonds is 9. The van der Waals surface area contributed by atoms with Gasteiger partial charge >= 0.3 is 0 Å². The molecule has 258 valence electrons. The van der Waals surface area contributed by atoms with E-state index in [1.54, 1.807) is 0 Å². The van der Waals surface area contributed by atoms with Gasteiger partial charge in [0.05, 0.1) is 5.69 Å². The van der Waals surface area contributed by atoms with Gasteiger partial charge in [-0.2, -0.15) is 0 Å². The Morgan fingerprint density at radius 2 is 0.648 bits per heavy atom. The lowest BCUT2D eigenvalue weighted by molar-refractivity contribution is 0.513. The second-order valence-corrected chi connectivity index (χ2v) is 13.3. The van der Waals surface area contributed by atoms with Crippen LogP contribution in [0.25, 0.3) is 72.5 Å². The van der Waals surface area contributed by atoms with Crippen LogP contribution in [-0.2, 0) is 0 Å². The van der Waals surface area contributed by atoms with E-state index in [4.69, 9.17) is 4.99 Å². The van der Waals surface area contributed by atoms with Crippen LogP contribution in [0.5, 0.6) is 0 Å². The van der Waals surface area contributed by atoms with E-state index < -0.39 is 0 Å². The molecule has 2 heteroatoms. The van der Waals surface area contributed by atoms with Gasteiger partial charge in [0.25, 0.3) is 0 Å². The second kappa shape index (κ2) is 15.7. The molecule has 0 bridgehead atoms. The first-order chi connectivity index (χ1) is 26.6. The van der Waals surface area contributed by atoms with Gasteiger partial charge in [0.15, 0.2) is 0 Å². The van der Waals surface area contributed by atoms with Gasteiger partial charge in [0.2, 0.25) is 0 Å². The maximum absolute atomic E-state index is 12.4. The van der Waals surface area contributed by atoms with E-state index in [2.05, 4.69) is 146 Å². The Bertz CT molecular complexity index is 2440. The van der Waals surface area contributed by atoms with Gasteiger partial charge in [0, 0.05) is 28.5 Å². The Kier molecular flexibility index (Phi) is 9.90. The number of hydrogen-bond donors (Lipinski definition) is 1. The van der Waals surface area contributed by atoms with E-state index in [-0.39, 0.29) is 5.76 Å². The molecule has 0 heterocycles. The van der Waals surface area contributed by atoms with Gasteiger partial charge in [-0.1, -0.05) is 182 Å². The zero-order valence-electron chi connectivity index (χ0n) is 30.1. The Morgan fingerprint density at radius 1 is 0.370 bits per heavy atom. The van der Waals surface area contributed by atoms with Gasteiger partial charge < -0.3 is 5.11 Å². The largest absolute Gasteiger partial charge is 0.507 e. The van der Waals surface area contributed by atoms with Crippen molar-refractivity contribution < 1.29 is 5.11 Å². The van der Waals surface area contributed by atoms with Crippen LogP contribution < -0.4 is 0 Å². The second-order valence-electron chi connectivity index (χ2n) is 13.3. The minimum atomic E-state index is 0.150. The molecule has 0 atom stereocenters. The summed E-state index contributed by atoms with van der Waals surface area (Å²) in [7, 11) is 0. The lowest BCUT2D eigenvalue weighted by Gasteiger charge is -2.19. The summed E-state index contributed by atoms with van der Waals surface area (Å²) < 4.78 is 0. The zero-order valence-corrected chi connectivity index (χ0v) is 30.1. The fourth-order valence-electron chi connectivity index (χ4n) is 7.11. The van der Waals surface area contributed by atoms with E-state index in [0.29, 0.717) is 5.71 Å². The van der Waals surface area contributed by atoms with Crippen molar-refractivity contribution in [2.75, 3.05) is 0 Å². The summed E-state index contributed by atoms with van der Waals surface area (Å²) in [4.78, 5) is 5.36. The minimum absolute atomic E-state index is 0.150. The van der Waals surface area contributed by atoms with E-state index >= 15 is 0 Å². The number of allylic oxidation sites excluding steroid dienone is 1. The Morgan fingerprint density at radius 3 is 0.981 bits per heavy atom. The van der Waals surface area contributed by atoms with Crippen LogP contribution in [0, 0.1) is 0 Å². The van der Waals surface area contributed by atoms with Gasteiger partial charge in [0.1, 0.15) is 5.76 Å². The quantitative estimate of drug-likeness (QED) is 0.118. The predicted molar refractivity (Wildman–Crippen MR) is 229 cm³/mol. The molecule has 0 aliphatic rings. The SMILES string of the molecule is CC(/C=C(\O)c1c(-c2ccccc2)cc(-c2ccccc2)cc1-c1ccccc1)=Nc1c(-c2ccccc2)cc(-c2ccccc2)cc1-c1ccccc1. The summed E-state index contributed by atoms with van der Waals surface area (Å²) in [6, 6.07) is 71.2. The monoisotopic (exact) mass is 693 g/mol. The van der Waals surface area contributed by atoms with E-state index in [1.165, 1.54) is 0 Å². The van der Waals surface area contributed by atoms with Crippen molar-refractivity contribution in [1.82, 2.24) is 0 Å². The minimum Gasteiger partial charge on any atom is -0.507 e. The van der Waals surface area contributed by atoms with Crippen molar-refractivity contribution in [3.63, 3.8) is 0 Å². The molecule has 8 aromatic carbocycles. The summed E-state index contributed by atoms with van der Waals surface area (Å²) in [6.07, 6.45) is 1.81. The molecule has 0 fully saturated rings. The highest BCUT2D eigenvalue weighted by molar-refractivity contribution is 6.05. The Balaban J connectivity index is 1.36. The molecule has 54 heavy (non-hydrogen) atoms. The lowest BCUT2D eigenvalue weighted by atomic mass is 9.86. The van der Waals surface area contributed by atoms with Gasteiger partial charge in [-0.3, -0.25) is 4.99 Å². The number of aliphatic hydroxyl groups is 1. The zero-order chi connectivity index (χ0) is 36.7. The third-order valence-electron chi connectivity index (χ3n) is 9.69. The fraction of sp³-hybridized carbons (Fsp3) is 0.0192. The lowest BCUT2D eigenvalue weighted by Crippen LogP contribution is -1.98. The van der Waals surface area contributed by atoms with Crippen molar-refractivity contribution in [2.45, 2.75) is 6.92 Å². The molecule has 0 aliphatic carbocycles. The topological polar surface area (TPSA) is 32.6 Å². The van der Waals surface area contributed by atoms with Crippen LogP contribution >= 0.6 is 0 Å². The third-order valence-corrected chi connectivity index (χ3v) is 9.69. The highest BCUT2D eigenvalue weighted by Crippen LogP contribution is 2.44. The van der Waals surface area contributed by atoms with Gasteiger partial charge in [-0.05, 0) is 86.8 Å². The maximum Gasteiger partial charge on any atom is 0.125 e. The molecule has 8 rings (SSSR count). The average molecular weight is 694 g/mol. The molecule has 0 saturated heterocycles. The molecule has 0 aliphatic heterocycles. The number of benzene rings is 8. The average Bonchev–Trinajstić information content (AvgIpc) is 3.25. The summed E-state index contributed by atoms with van der Waals surface area (Å²) >= 11 is 0. The first-order valence-electron chi connectivity index (χ1n) is 18.3. The van der Waals surface area contributed by atoms with Crippen LogP contribution in [0.4, 0.5) is 5.69 Å². The summed E-state index contributed by atoms with van der Waals surface area (Å²) in [5.41, 5.74) is 14.8. The first-order valence-corrected chi connectivity index (χ1v) is 18.3. The Labute approximate surface area is 317 Å². The predicted octanol–water partition coefficient (Wildman–Crippen LogP) is 14.4. The summed E-state index contributed by atoms with van der Waals surface area (Å²) in [6.45, 7) is 1.97. The molecule has 2 nitrogen and oxygen atoms in total. The van der Waals surface area contributed by atoms with Crippen LogP contribution in [0.1, 0.15) is 12.5 Å². The normalized spacial score (nSPS) is 11.7. The van der Waals surface area contributed by atoms with Crippen molar-refractivity contribution in [3.05, 3.63) is 218 Å². The molecular formula is C52H39NO. The number of hydrogen-bond acceptors (Lipinski definition) is 2. The van der Waals surface area contributed by atoms with Crippen molar-refractivity contribution >= 4 is 17.2 Å². The third kappa shape index (κ3) is 7.32. The molecule has 0 unspecified atom stereocenters. The first kappa shape index (κ1) is 34.1. The molecule has 1 N–H and O–H groups in total. The molecule has 0 amide bonds. The van der Waals surface area contributed by atoms with Crippen molar-refractivity contribution in [2.24, 2.45) is 4.99 Å². The number of aliphatic imine (C=N–C) groups is 1. The number of nitrogens with zero attached hydrogens (tertiary/aromatic N) is 1. The highest BCUT2D eigenvalue weighted by atomic mass is 16.3. The standard InChI is InChI=1S/C52H39NO/c1-37(53-52-48(42-28-16-6-17-29-42)35-45(39-22-10-3-11-23-39)36-49(52)43-30-18-7-19-31-43)32-50(54)51-46(40-24-12-4-13-25-40)33-44(38-20-8-2-9-21-38)34-47(51)41-26-14-5-15-27-41/h2-36,54H,1H3/b50-32-,53-37?. The van der Waals surface area contributed by atoms with Crippen molar-refractivity contribution in [3.8, 4) is 66.8 Å². The van der Waals surface area contributed by atoms with Crippen LogP contribution in [0.15, 0.2) is 217 Å². The van der Waals surface area contributed by atoms with Crippen LogP contribution in [0.2, 0.25) is 0 Å². The van der Waals surface area contributed by atoms with E-state index in [1.807, 2.05) is 73.7 Å². The number of aliphatic hydroxyl groups excluding tert-OH is 1. The highest BCUT2D eigenvalue weighted by Gasteiger charge is 2.20. The van der Waals surface area contributed by atoms with E-state index in [9.17, 15) is 5.11 Å². The van der Waals surface area contributed by atoms with E-state index in [0.717, 1.165) is 78.0 Å².